The summed E-state index contributed by atoms with van der Waals surface area (Å²) in [6, 6.07) is 1.42. The fourth-order valence-corrected chi connectivity index (χ4v) is 1.57. The maximum Gasteiger partial charge on any atom is 0.461 e. The van der Waals surface area contributed by atoms with Gasteiger partial charge in [-0.1, -0.05) is 18.2 Å². The first-order valence-electron chi connectivity index (χ1n) is 6.28. The van der Waals surface area contributed by atoms with Gasteiger partial charge in [0.15, 0.2) is 0 Å². The molecule has 1 aromatic carbocycles. The Morgan fingerprint density at radius 3 is 2.25 bits per heavy atom. The second kappa shape index (κ2) is 8.43. The van der Waals surface area contributed by atoms with Crippen molar-refractivity contribution in [3.05, 3.63) is 29.8 Å². The van der Waals surface area contributed by atoms with Crippen LogP contribution in [0.25, 0.3) is 0 Å². The number of rotatable bonds is 7. The molecule has 0 heterocycles. The molecule has 138 valence electrons. The van der Waals surface area contributed by atoms with Crippen LogP contribution in [0.1, 0.15) is 18.5 Å². The number of hydrogen-bond acceptors (Lipinski definition) is 4. The van der Waals surface area contributed by atoms with Gasteiger partial charge in [0.2, 0.25) is 0 Å². The number of carbonyl (C=O) groups excluding carboxylic acids is 1. The number of carbonyl (C=O) groups is 1. The summed E-state index contributed by atoms with van der Waals surface area (Å²) in [5.41, 5.74) is 4.49. The van der Waals surface area contributed by atoms with Gasteiger partial charge in [-0.3, -0.25) is 0 Å². The van der Waals surface area contributed by atoms with Crippen molar-refractivity contribution < 1.29 is 40.6 Å². The molecule has 4 nitrogen and oxygen atoms in total. The molecule has 0 aliphatic rings. The lowest BCUT2D eigenvalue weighted by atomic mass is 10.0. The summed E-state index contributed by atoms with van der Waals surface area (Å²) in [6.45, 7) is 0.919. The van der Waals surface area contributed by atoms with Crippen molar-refractivity contribution >= 4 is 18.4 Å². The maximum atomic E-state index is 13.9. The lowest BCUT2D eigenvalue weighted by molar-refractivity contribution is -0.253. The van der Waals surface area contributed by atoms with Gasteiger partial charge in [0, 0.05) is 5.56 Å². The zero-order valence-corrected chi connectivity index (χ0v) is 13.0. The second-order valence-electron chi connectivity index (χ2n) is 4.32. The van der Waals surface area contributed by atoms with Crippen molar-refractivity contribution in [1.29, 1.82) is 0 Å². The molecule has 0 saturated heterocycles. The average molecular weight is 382 g/mol. The monoisotopic (exact) mass is 381 g/mol. The molecular formula is C13H14ClF6NO3. The molecule has 24 heavy (non-hydrogen) atoms. The minimum Gasteiger partial charge on any atom is -0.462 e. The SMILES string of the molecule is CCOC(=O)C(F)(F)[C@@H](N)c1ccccc1OC(F)(F)C(F)F.Cl. The van der Waals surface area contributed by atoms with Crippen LogP contribution in [-0.2, 0) is 9.53 Å². The maximum absolute atomic E-state index is 13.9. The molecule has 1 rings (SSSR count). The van der Waals surface area contributed by atoms with Crippen LogP contribution in [0.5, 0.6) is 5.75 Å². The van der Waals surface area contributed by atoms with E-state index in [9.17, 15) is 31.1 Å². The molecule has 0 radical (unpaired) electrons. The number of benzene rings is 1. The lowest BCUT2D eigenvalue weighted by Crippen LogP contribution is -2.42. The number of nitrogens with two attached hydrogens (primary N) is 1. The highest BCUT2D eigenvalue weighted by molar-refractivity contribution is 5.85. The Hall–Kier alpha value is -1.68. The van der Waals surface area contributed by atoms with E-state index in [2.05, 4.69) is 9.47 Å². The predicted molar refractivity (Wildman–Crippen MR) is 73.8 cm³/mol. The molecule has 11 heteroatoms. The van der Waals surface area contributed by atoms with Crippen molar-refractivity contribution in [1.82, 2.24) is 0 Å². The minimum absolute atomic E-state index is 0. The molecule has 1 atom stereocenters. The van der Waals surface area contributed by atoms with Gasteiger partial charge in [-0.05, 0) is 13.0 Å². The van der Waals surface area contributed by atoms with Gasteiger partial charge in [-0.25, -0.2) is 4.79 Å². The molecule has 0 aromatic heterocycles. The van der Waals surface area contributed by atoms with E-state index in [-0.39, 0.29) is 19.0 Å². The van der Waals surface area contributed by atoms with Crippen molar-refractivity contribution in [2.45, 2.75) is 31.4 Å². The first-order chi connectivity index (χ1) is 10.5. The number of hydrogen-bond donors (Lipinski definition) is 1. The molecular weight excluding hydrogens is 368 g/mol. The van der Waals surface area contributed by atoms with E-state index in [1.165, 1.54) is 6.92 Å². The highest BCUT2D eigenvalue weighted by Gasteiger charge is 2.50. The fourth-order valence-electron chi connectivity index (χ4n) is 1.57. The van der Waals surface area contributed by atoms with Gasteiger partial charge in [-0.2, -0.15) is 26.3 Å². The van der Waals surface area contributed by atoms with Crippen LogP contribution in [0.3, 0.4) is 0 Å². The standard InChI is InChI=1S/C13H13F6NO3.ClH/c1-2-22-11(21)12(16,17)9(20)7-5-3-4-6-8(7)23-13(18,19)10(14)15;/h3-6,9-10H,2,20H2,1H3;1H/t9-;/m0./s1. The third kappa shape index (κ3) is 4.91. The van der Waals surface area contributed by atoms with Crippen LogP contribution in [-0.4, -0.2) is 31.0 Å². The summed E-state index contributed by atoms with van der Waals surface area (Å²) in [4.78, 5) is 11.2. The van der Waals surface area contributed by atoms with Gasteiger partial charge in [-0.15, -0.1) is 12.4 Å². The van der Waals surface area contributed by atoms with Gasteiger partial charge in [0.05, 0.1) is 6.61 Å². The van der Waals surface area contributed by atoms with Crippen LogP contribution in [0, 0.1) is 0 Å². The third-order valence-electron chi connectivity index (χ3n) is 2.69. The Balaban J connectivity index is 0.00000529. The minimum atomic E-state index is -4.91. The zero-order chi connectivity index (χ0) is 17.8. The van der Waals surface area contributed by atoms with Gasteiger partial charge in [0.25, 0.3) is 0 Å². The smallest absolute Gasteiger partial charge is 0.461 e. The second-order valence-corrected chi connectivity index (χ2v) is 4.32. The average Bonchev–Trinajstić information content (AvgIpc) is 2.46. The molecule has 2 N–H and O–H groups in total. The Bertz CT molecular complexity index is 558. The van der Waals surface area contributed by atoms with Crippen molar-refractivity contribution in [2.24, 2.45) is 5.73 Å². The normalized spacial score (nSPS) is 13.2. The first-order valence-corrected chi connectivity index (χ1v) is 6.28. The summed E-state index contributed by atoms with van der Waals surface area (Å²) < 4.78 is 85.9. The number of ether oxygens (including phenoxy) is 2. The number of para-hydroxylation sites is 1. The Kier molecular flexibility index (Phi) is 7.84. The summed E-state index contributed by atoms with van der Waals surface area (Å²) in [5.74, 6) is -7.23. The molecule has 0 saturated carbocycles. The van der Waals surface area contributed by atoms with E-state index in [1.807, 2.05) is 0 Å². The van der Waals surface area contributed by atoms with E-state index in [4.69, 9.17) is 5.73 Å². The summed E-state index contributed by atoms with van der Waals surface area (Å²) >= 11 is 0. The Morgan fingerprint density at radius 2 is 1.75 bits per heavy atom. The molecule has 0 amide bonds. The van der Waals surface area contributed by atoms with E-state index in [1.54, 1.807) is 0 Å². The molecule has 0 fully saturated rings. The van der Waals surface area contributed by atoms with Crippen molar-refractivity contribution in [2.75, 3.05) is 6.61 Å². The zero-order valence-electron chi connectivity index (χ0n) is 12.1. The Labute approximate surface area is 139 Å². The molecule has 0 unspecified atom stereocenters. The Morgan fingerprint density at radius 1 is 1.21 bits per heavy atom. The van der Waals surface area contributed by atoms with E-state index < -0.39 is 41.8 Å². The van der Waals surface area contributed by atoms with Crippen LogP contribution in [0.15, 0.2) is 24.3 Å². The molecule has 0 aliphatic carbocycles. The first kappa shape index (κ1) is 22.3. The van der Waals surface area contributed by atoms with E-state index in [0.717, 1.165) is 24.3 Å². The molecule has 1 aromatic rings. The van der Waals surface area contributed by atoms with Crippen molar-refractivity contribution in [3.8, 4) is 5.75 Å². The lowest BCUT2D eigenvalue weighted by Gasteiger charge is -2.25. The summed E-state index contributed by atoms with van der Waals surface area (Å²) in [6.07, 6.45) is -9.09. The van der Waals surface area contributed by atoms with E-state index in [0.29, 0.717) is 0 Å². The molecule has 0 aliphatic heterocycles. The summed E-state index contributed by atoms with van der Waals surface area (Å²) in [5, 5.41) is 0. The third-order valence-corrected chi connectivity index (χ3v) is 2.69. The van der Waals surface area contributed by atoms with Crippen LogP contribution < -0.4 is 10.5 Å². The molecule has 0 bridgehead atoms. The van der Waals surface area contributed by atoms with Crippen LogP contribution >= 0.6 is 12.4 Å². The molecule has 0 spiro atoms. The predicted octanol–water partition coefficient (Wildman–Crippen LogP) is 3.54. The van der Waals surface area contributed by atoms with Crippen molar-refractivity contribution in [3.63, 3.8) is 0 Å². The van der Waals surface area contributed by atoms with Crippen LogP contribution in [0.4, 0.5) is 26.3 Å². The van der Waals surface area contributed by atoms with Gasteiger partial charge < -0.3 is 15.2 Å². The van der Waals surface area contributed by atoms with Gasteiger partial charge >= 0.3 is 24.4 Å². The number of alkyl halides is 6. The van der Waals surface area contributed by atoms with E-state index >= 15 is 0 Å². The largest absolute Gasteiger partial charge is 0.462 e. The van der Waals surface area contributed by atoms with Crippen LogP contribution in [0.2, 0.25) is 0 Å². The highest BCUT2D eigenvalue weighted by Crippen LogP contribution is 2.38. The topological polar surface area (TPSA) is 61.5 Å². The fraction of sp³-hybridized carbons (Fsp3) is 0.462. The number of halogens is 7. The highest BCUT2D eigenvalue weighted by atomic mass is 35.5. The van der Waals surface area contributed by atoms with Gasteiger partial charge in [0.1, 0.15) is 11.8 Å². The quantitative estimate of drug-likeness (QED) is 0.579. The summed E-state index contributed by atoms with van der Waals surface area (Å²) in [7, 11) is 0. The number of esters is 1.